The van der Waals surface area contributed by atoms with Gasteiger partial charge in [-0.1, -0.05) is 24.5 Å². The van der Waals surface area contributed by atoms with E-state index >= 15 is 0 Å². The molecule has 4 fully saturated rings. The standard InChI is InChI=1S/C39H50FN5O7S/c1-4-7-36(47)44-21-33(22-44)53(50,51)32-14-12-31(13-15-32)45-25-38(49,26-45)24-43-18-16-28(17-19-43)39(23-41-27(2)46,29-8-5-9-30(40)20-29)34-10-6-11-35(34)42-37(48)52-3/h5,8-9,12-15,20,28,33-35,49H,6,10-11,16-19,21-26H2,1-3H3,(H,41,46)(H,42,48)/t34-,35-,39-/m0/s1. The third-order valence-electron chi connectivity index (χ3n) is 11.8. The number of hydrogen-bond donors (Lipinski definition) is 3. The first-order chi connectivity index (χ1) is 25.3. The number of likely N-dealkylation sites (tertiary alicyclic amines) is 2. The van der Waals surface area contributed by atoms with Crippen molar-refractivity contribution >= 4 is 33.4 Å². The van der Waals surface area contributed by atoms with Gasteiger partial charge in [-0.05, 0) is 105 Å². The summed E-state index contributed by atoms with van der Waals surface area (Å²) in [6.07, 6.45) is 3.45. The Morgan fingerprint density at radius 3 is 2.38 bits per heavy atom. The van der Waals surface area contributed by atoms with E-state index < -0.39 is 32.2 Å². The second-order valence-electron chi connectivity index (χ2n) is 15.1. The van der Waals surface area contributed by atoms with Gasteiger partial charge >= 0.3 is 6.09 Å². The Bertz CT molecular complexity index is 1840. The van der Waals surface area contributed by atoms with E-state index in [2.05, 4.69) is 27.4 Å². The van der Waals surface area contributed by atoms with Gasteiger partial charge in [-0.25, -0.2) is 17.6 Å². The van der Waals surface area contributed by atoms with Crippen molar-refractivity contribution < 1.29 is 37.0 Å². The van der Waals surface area contributed by atoms with E-state index in [1.54, 1.807) is 43.3 Å². The molecule has 286 valence electrons. The van der Waals surface area contributed by atoms with Crippen LogP contribution in [0.3, 0.4) is 0 Å². The molecule has 3 N–H and O–H groups in total. The molecule has 2 aromatic carbocycles. The maximum Gasteiger partial charge on any atom is 0.407 e. The number of nitrogens with one attached hydrogen (secondary N) is 2. The number of halogens is 1. The molecule has 3 heterocycles. The molecular weight excluding hydrogens is 702 g/mol. The molecule has 1 saturated carbocycles. The van der Waals surface area contributed by atoms with Crippen LogP contribution < -0.4 is 15.5 Å². The summed E-state index contributed by atoms with van der Waals surface area (Å²) in [5.74, 6) is 4.10. The smallest absolute Gasteiger partial charge is 0.407 e. The van der Waals surface area contributed by atoms with E-state index in [0.29, 0.717) is 39.3 Å². The Morgan fingerprint density at radius 1 is 1.06 bits per heavy atom. The number of carbonyl (C=O) groups excluding carboxylic acids is 3. The zero-order chi connectivity index (χ0) is 38.0. The summed E-state index contributed by atoms with van der Waals surface area (Å²) in [5.41, 5.74) is 0.0374. The second-order valence-corrected chi connectivity index (χ2v) is 17.3. The first kappa shape index (κ1) is 38.5. The van der Waals surface area contributed by atoms with Crippen LogP contribution in [-0.4, -0.2) is 118 Å². The number of carbonyl (C=O) groups is 3. The van der Waals surface area contributed by atoms with Crippen molar-refractivity contribution in [2.45, 2.75) is 73.2 Å². The van der Waals surface area contributed by atoms with Crippen LogP contribution in [0.2, 0.25) is 0 Å². The highest BCUT2D eigenvalue weighted by molar-refractivity contribution is 7.92. The number of ether oxygens (including phenoxy) is 1. The van der Waals surface area contributed by atoms with Crippen LogP contribution in [0, 0.1) is 29.5 Å². The van der Waals surface area contributed by atoms with E-state index in [-0.39, 0.29) is 53.5 Å². The average molecular weight is 752 g/mol. The third kappa shape index (κ3) is 8.03. The Hall–Kier alpha value is -4.19. The van der Waals surface area contributed by atoms with Gasteiger partial charge in [0.05, 0.1) is 12.0 Å². The molecule has 3 atom stereocenters. The molecular formula is C39H50FN5O7S. The molecule has 0 aromatic heterocycles. The predicted octanol–water partition coefficient (Wildman–Crippen LogP) is 2.70. The zero-order valence-electron chi connectivity index (χ0n) is 30.6. The fraction of sp³-hybridized carbons (Fsp3) is 0.564. The minimum absolute atomic E-state index is 0.0632. The number of anilines is 1. The summed E-state index contributed by atoms with van der Waals surface area (Å²) >= 11 is 0. The number of aliphatic hydroxyl groups is 1. The summed E-state index contributed by atoms with van der Waals surface area (Å²) in [6, 6.07) is 13.1. The molecule has 3 amide bonds. The van der Waals surface area contributed by atoms with Crippen LogP contribution in [0.5, 0.6) is 0 Å². The van der Waals surface area contributed by atoms with Crippen molar-refractivity contribution in [2.75, 3.05) is 64.4 Å². The number of hydrogen-bond acceptors (Lipinski definition) is 9. The number of methoxy groups -OCH3 is 1. The number of β-amino-alcohol motifs (C(OH)–C–C–N with tert-alkyl or cyclic N) is 1. The normalized spacial score (nSPS) is 23.1. The van der Waals surface area contributed by atoms with Gasteiger partial charge in [0.15, 0.2) is 9.84 Å². The zero-order valence-corrected chi connectivity index (χ0v) is 31.5. The number of alkyl carbamates (subject to hydrolysis) is 1. The van der Waals surface area contributed by atoms with Gasteiger partial charge in [0.25, 0.3) is 5.91 Å². The van der Waals surface area contributed by atoms with E-state index in [9.17, 15) is 32.3 Å². The molecule has 1 aliphatic carbocycles. The number of sulfone groups is 1. The quantitative estimate of drug-likeness (QED) is 0.295. The highest BCUT2D eigenvalue weighted by Crippen LogP contribution is 2.50. The molecule has 53 heavy (non-hydrogen) atoms. The minimum atomic E-state index is -3.60. The maximum atomic E-state index is 14.9. The van der Waals surface area contributed by atoms with Gasteiger partial charge in [-0.2, -0.15) is 0 Å². The van der Waals surface area contributed by atoms with Crippen molar-refractivity contribution in [1.82, 2.24) is 20.4 Å². The van der Waals surface area contributed by atoms with Gasteiger partial charge in [0.2, 0.25) is 5.91 Å². The monoisotopic (exact) mass is 751 g/mol. The largest absolute Gasteiger partial charge is 0.453 e. The first-order valence-electron chi connectivity index (χ1n) is 18.4. The molecule has 2 aromatic rings. The average Bonchev–Trinajstić information content (AvgIpc) is 3.55. The van der Waals surface area contributed by atoms with E-state index in [4.69, 9.17) is 4.74 Å². The van der Waals surface area contributed by atoms with Crippen molar-refractivity contribution in [2.24, 2.45) is 11.8 Å². The molecule has 3 aliphatic heterocycles. The van der Waals surface area contributed by atoms with Gasteiger partial charge in [-0.3, -0.25) is 9.59 Å². The summed E-state index contributed by atoms with van der Waals surface area (Å²) in [4.78, 5) is 42.6. The summed E-state index contributed by atoms with van der Waals surface area (Å²) in [7, 11) is -2.26. The molecule has 0 spiro atoms. The molecule has 0 unspecified atom stereocenters. The second kappa shape index (κ2) is 15.7. The fourth-order valence-corrected chi connectivity index (χ4v) is 10.8. The minimum Gasteiger partial charge on any atom is -0.453 e. The summed E-state index contributed by atoms with van der Waals surface area (Å²) in [5, 5.41) is 17.0. The number of nitrogens with zero attached hydrogens (tertiary/aromatic N) is 3. The van der Waals surface area contributed by atoms with E-state index in [1.165, 1.54) is 25.0 Å². The number of piperidine rings is 1. The Balaban J connectivity index is 1.10. The van der Waals surface area contributed by atoms with Crippen molar-refractivity contribution in [3.05, 3.63) is 59.9 Å². The first-order valence-corrected chi connectivity index (χ1v) is 19.9. The lowest BCUT2D eigenvalue weighted by atomic mass is 9.58. The molecule has 0 bridgehead atoms. The van der Waals surface area contributed by atoms with E-state index in [0.717, 1.165) is 43.4 Å². The van der Waals surface area contributed by atoms with Crippen molar-refractivity contribution in [3.63, 3.8) is 0 Å². The third-order valence-corrected chi connectivity index (χ3v) is 13.9. The molecule has 14 heteroatoms. The molecule has 6 rings (SSSR count). The lowest BCUT2D eigenvalue weighted by Gasteiger charge is -2.53. The van der Waals surface area contributed by atoms with Gasteiger partial charge in [0.1, 0.15) is 16.7 Å². The molecule has 3 saturated heterocycles. The Morgan fingerprint density at radius 2 is 1.75 bits per heavy atom. The van der Waals surface area contributed by atoms with E-state index in [1.807, 2.05) is 11.0 Å². The summed E-state index contributed by atoms with van der Waals surface area (Å²) < 4.78 is 46.1. The van der Waals surface area contributed by atoms with Crippen molar-refractivity contribution in [1.29, 1.82) is 0 Å². The fourth-order valence-electron chi connectivity index (χ4n) is 9.13. The topological polar surface area (TPSA) is 149 Å². The van der Waals surface area contributed by atoms with Crippen molar-refractivity contribution in [3.8, 4) is 11.8 Å². The van der Waals surface area contributed by atoms with Gasteiger partial charge < -0.3 is 35.2 Å². The maximum absolute atomic E-state index is 14.9. The molecule has 12 nitrogen and oxygen atoms in total. The van der Waals surface area contributed by atoms with Crippen LogP contribution in [0.4, 0.5) is 14.9 Å². The van der Waals surface area contributed by atoms with Crippen LogP contribution in [0.25, 0.3) is 0 Å². The lowest BCUT2D eigenvalue weighted by Crippen LogP contribution is -2.67. The lowest BCUT2D eigenvalue weighted by molar-refractivity contribution is -0.128. The van der Waals surface area contributed by atoms with Gasteiger partial charge in [0, 0.05) is 63.3 Å². The Kier molecular flexibility index (Phi) is 11.4. The predicted molar refractivity (Wildman–Crippen MR) is 197 cm³/mol. The number of amides is 3. The molecule has 0 radical (unpaired) electrons. The SMILES string of the molecule is CC#CC(=O)N1CC(S(=O)(=O)c2ccc(N3CC(O)(CN4CCC([C@@](CNC(C)=O)(c5cccc(F)c5)[C@H]5CCC[C@@H]5NC(=O)OC)CC4)C3)cc2)C1. The van der Waals surface area contributed by atoms with Crippen LogP contribution in [0.1, 0.15) is 51.5 Å². The Labute approximate surface area is 311 Å². The van der Waals surface area contributed by atoms with Crippen LogP contribution in [0.15, 0.2) is 53.4 Å². The highest BCUT2D eigenvalue weighted by Gasteiger charge is 2.53. The molecule has 4 aliphatic rings. The van der Waals surface area contributed by atoms with Gasteiger partial charge in [-0.15, -0.1) is 0 Å². The number of benzene rings is 2. The van der Waals surface area contributed by atoms with Crippen LogP contribution >= 0.6 is 0 Å². The highest BCUT2D eigenvalue weighted by atomic mass is 32.2. The number of rotatable bonds is 11. The van der Waals surface area contributed by atoms with Crippen LogP contribution in [-0.2, 0) is 29.6 Å². The summed E-state index contributed by atoms with van der Waals surface area (Å²) in [6.45, 7) is 6.28.